The molecule has 3 nitrogen and oxygen atoms in total. The molecule has 1 atom stereocenters. The molecule has 0 aliphatic carbocycles. The molecule has 1 aliphatic rings. The van der Waals surface area contributed by atoms with E-state index in [2.05, 4.69) is 11.8 Å². The molecule has 1 saturated heterocycles. The number of rotatable bonds is 3. The van der Waals surface area contributed by atoms with Gasteiger partial charge in [0.1, 0.15) is 6.61 Å². The zero-order chi connectivity index (χ0) is 13.7. The van der Waals surface area contributed by atoms with E-state index in [1.807, 2.05) is 35.2 Å². The van der Waals surface area contributed by atoms with Gasteiger partial charge in [0.25, 0.3) is 0 Å². The van der Waals surface area contributed by atoms with Crippen LogP contribution in [0.4, 0.5) is 0 Å². The molecule has 1 N–H and O–H groups in total. The van der Waals surface area contributed by atoms with Gasteiger partial charge in [0.2, 0.25) is 5.91 Å². The summed E-state index contributed by atoms with van der Waals surface area (Å²) in [4.78, 5) is 15.1. The van der Waals surface area contributed by atoms with E-state index in [-0.39, 0.29) is 18.4 Å². The molecular weight excluding hydrogens is 278 g/mol. The number of carbonyl (C=O) groups is 1. The van der Waals surface area contributed by atoms with Crippen LogP contribution in [-0.4, -0.2) is 41.1 Å². The maximum absolute atomic E-state index is 12.2. The van der Waals surface area contributed by atoms with Crippen LogP contribution >= 0.6 is 23.1 Å². The standard InChI is InChI=1S/C14H17NO2S2/c1-15(14(17)12-4-6-18-10-12)8-13-7-11(9-19-13)3-2-5-16/h7,9,12,16H,4-6,8,10H2,1H3. The highest BCUT2D eigenvalue weighted by molar-refractivity contribution is 7.99. The molecule has 1 fully saturated rings. The molecule has 5 heteroatoms. The lowest BCUT2D eigenvalue weighted by atomic mass is 10.1. The zero-order valence-electron chi connectivity index (χ0n) is 10.9. The summed E-state index contributed by atoms with van der Waals surface area (Å²) in [5.41, 5.74) is 0.909. The quantitative estimate of drug-likeness (QED) is 0.865. The van der Waals surface area contributed by atoms with Gasteiger partial charge in [-0.25, -0.2) is 0 Å². The maximum atomic E-state index is 12.2. The lowest BCUT2D eigenvalue weighted by molar-refractivity contribution is -0.133. The van der Waals surface area contributed by atoms with Crippen LogP contribution in [0.5, 0.6) is 0 Å². The third-order valence-electron chi connectivity index (χ3n) is 3.01. The van der Waals surface area contributed by atoms with Crippen molar-refractivity contribution in [2.45, 2.75) is 13.0 Å². The van der Waals surface area contributed by atoms with E-state index in [1.165, 1.54) is 0 Å². The second kappa shape index (κ2) is 6.99. The van der Waals surface area contributed by atoms with Crippen molar-refractivity contribution in [2.75, 3.05) is 25.2 Å². The van der Waals surface area contributed by atoms with Gasteiger partial charge in [0, 0.05) is 34.5 Å². The molecule has 0 aromatic carbocycles. The average molecular weight is 295 g/mol. The van der Waals surface area contributed by atoms with E-state index in [1.54, 1.807) is 11.3 Å². The largest absolute Gasteiger partial charge is 0.384 e. The second-order valence-electron chi connectivity index (χ2n) is 4.52. The lowest BCUT2D eigenvalue weighted by Crippen LogP contribution is -2.32. The average Bonchev–Trinajstić information content (AvgIpc) is 3.06. The first-order chi connectivity index (χ1) is 9.20. The van der Waals surface area contributed by atoms with Crippen molar-refractivity contribution >= 4 is 29.0 Å². The van der Waals surface area contributed by atoms with Gasteiger partial charge in [-0.3, -0.25) is 4.79 Å². The third kappa shape index (κ3) is 4.00. The highest BCUT2D eigenvalue weighted by atomic mass is 32.2. The van der Waals surface area contributed by atoms with Crippen LogP contribution in [0.2, 0.25) is 0 Å². The molecule has 0 spiro atoms. The predicted octanol–water partition coefficient (Wildman–Crippen LogP) is 1.80. The molecular formula is C14H17NO2S2. The Bertz CT molecular complexity index is 495. The summed E-state index contributed by atoms with van der Waals surface area (Å²) in [6, 6.07) is 1.99. The maximum Gasteiger partial charge on any atom is 0.226 e. The molecule has 0 bridgehead atoms. The first kappa shape index (κ1) is 14.4. The van der Waals surface area contributed by atoms with Crippen molar-refractivity contribution in [2.24, 2.45) is 5.92 Å². The van der Waals surface area contributed by atoms with Gasteiger partial charge in [-0.15, -0.1) is 11.3 Å². The molecule has 19 heavy (non-hydrogen) atoms. The fourth-order valence-corrected chi connectivity index (χ4v) is 4.10. The van der Waals surface area contributed by atoms with E-state index < -0.39 is 0 Å². The molecule has 1 aromatic rings. The first-order valence-electron chi connectivity index (χ1n) is 6.20. The van der Waals surface area contributed by atoms with Crippen LogP contribution in [0.25, 0.3) is 0 Å². The van der Waals surface area contributed by atoms with Crippen molar-refractivity contribution in [3.05, 3.63) is 21.9 Å². The van der Waals surface area contributed by atoms with Crippen LogP contribution in [0.15, 0.2) is 11.4 Å². The van der Waals surface area contributed by atoms with Gasteiger partial charge >= 0.3 is 0 Å². The number of hydrogen-bond acceptors (Lipinski definition) is 4. The van der Waals surface area contributed by atoms with Crippen LogP contribution in [0.3, 0.4) is 0 Å². The second-order valence-corrected chi connectivity index (χ2v) is 6.66. The van der Waals surface area contributed by atoms with E-state index >= 15 is 0 Å². The Morgan fingerprint density at radius 1 is 1.63 bits per heavy atom. The topological polar surface area (TPSA) is 40.5 Å². The van der Waals surface area contributed by atoms with Gasteiger partial charge in [0.15, 0.2) is 0 Å². The van der Waals surface area contributed by atoms with Crippen LogP contribution in [0.1, 0.15) is 16.9 Å². The Labute approximate surface area is 122 Å². The summed E-state index contributed by atoms with van der Waals surface area (Å²) in [5, 5.41) is 10.6. The lowest BCUT2D eigenvalue weighted by Gasteiger charge is -2.19. The van der Waals surface area contributed by atoms with Gasteiger partial charge in [-0.2, -0.15) is 11.8 Å². The third-order valence-corrected chi connectivity index (χ3v) is 5.10. The van der Waals surface area contributed by atoms with Crippen molar-refractivity contribution in [1.29, 1.82) is 0 Å². The fraction of sp³-hybridized carbons (Fsp3) is 0.500. The van der Waals surface area contributed by atoms with Crippen LogP contribution < -0.4 is 0 Å². The number of aliphatic hydroxyl groups excluding tert-OH is 1. The van der Waals surface area contributed by atoms with Gasteiger partial charge in [-0.05, 0) is 18.2 Å². The minimum Gasteiger partial charge on any atom is -0.384 e. The normalized spacial score (nSPS) is 17.9. The van der Waals surface area contributed by atoms with Crippen LogP contribution in [0, 0.1) is 17.8 Å². The van der Waals surface area contributed by atoms with E-state index in [4.69, 9.17) is 5.11 Å². The molecule has 2 heterocycles. The molecule has 1 aromatic heterocycles. The molecule has 1 amide bonds. The van der Waals surface area contributed by atoms with Gasteiger partial charge < -0.3 is 10.0 Å². The SMILES string of the molecule is CN(Cc1cc(C#CCO)cs1)C(=O)C1CCSC1. The molecule has 0 saturated carbocycles. The summed E-state index contributed by atoms with van der Waals surface area (Å²) in [6.45, 7) is 0.522. The number of thiophene rings is 1. The smallest absolute Gasteiger partial charge is 0.226 e. The summed E-state index contributed by atoms with van der Waals surface area (Å²) >= 11 is 3.47. The minimum absolute atomic E-state index is 0.122. The monoisotopic (exact) mass is 295 g/mol. The summed E-state index contributed by atoms with van der Waals surface area (Å²) in [5.74, 6) is 8.01. The summed E-state index contributed by atoms with van der Waals surface area (Å²) in [7, 11) is 1.87. The Morgan fingerprint density at radius 3 is 3.16 bits per heavy atom. The van der Waals surface area contributed by atoms with E-state index in [0.29, 0.717) is 6.54 Å². The van der Waals surface area contributed by atoms with E-state index in [9.17, 15) is 4.79 Å². The van der Waals surface area contributed by atoms with Crippen molar-refractivity contribution in [3.63, 3.8) is 0 Å². The Morgan fingerprint density at radius 2 is 2.47 bits per heavy atom. The van der Waals surface area contributed by atoms with Crippen molar-refractivity contribution in [1.82, 2.24) is 4.90 Å². The number of thioether (sulfide) groups is 1. The van der Waals surface area contributed by atoms with E-state index in [0.717, 1.165) is 28.4 Å². The molecule has 1 unspecified atom stereocenters. The predicted molar refractivity (Wildman–Crippen MR) is 80.2 cm³/mol. The van der Waals surface area contributed by atoms with Gasteiger partial charge in [0.05, 0.1) is 6.54 Å². The number of carbonyl (C=O) groups excluding carboxylic acids is 1. The number of amides is 1. The Hall–Kier alpha value is -0.960. The Balaban J connectivity index is 1.92. The number of nitrogens with zero attached hydrogens (tertiary/aromatic N) is 1. The zero-order valence-corrected chi connectivity index (χ0v) is 12.5. The molecule has 2 rings (SSSR count). The Kier molecular flexibility index (Phi) is 5.32. The van der Waals surface area contributed by atoms with Crippen molar-refractivity contribution < 1.29 is 9.90 Å². The summed E-state index contributed by atoms with van der Waals surface area (Å²) in [6.07, 6.45) is 1.01. The fourth-order valence-electron chi connectivity index (χ4n) is 2.02. The molecule has 1 aliphatic heterocycles. The first-order valence-corrected chi connectivity index (χ1v) is 8.24. The van der Waals surface area contributed by atoms with Crippen LogP contribution in [-0.2, 0) is 11.3 Å². The van der Waals surface area contributed by atoms with Crippen molar-refractivity contribution in [3.8, 4) is 11.8 Å². The highest BCUT2D eigenvalue weighted by Gasteiger charge is 2.25. The minimum atomic E-state index is -0.122. The molecule has 102 valence electrons. The summed E-state index contributed by atoms with van der Waals surface area (Å²) < 4.78 is 0. The van der Waals surface area contributed by atoms with Gasteiger partial charge in [-0.1, -0.05) is 11.8 Å². The highest BCUT2D eigenvalue weighted by Crippen LogP contribution is 2.25. The number of hydrogen-bond donors (Lipinski definition) is 1. The molecule has 0 radical (unpaired) electrons. The number of aliphatic hydroxyl groups is 1.